The van der Waals surface area contributed by atoms with Gasteiger partial charge >= 0.3 is 0 Å². The van der Waals surface area contributed by atoms with Crippen molar-refractivity contribution in [3.8, 4) is 11.4 Å². The molecule has 0 spiro atoms. The summed E-state index contributed by atoms with van der Waals surface area (Å²) in [4.78, 5) is 12.1. The summed E-state index contributed by atoms with van der Waals surface area (Å²) in [5, 5.41) is 11.6. The summed E-state index contributed by atoms with van der Waals surface area (Å²) in [6, 6.07) is 13.4. The van der Waals surface area contributed by atoms with Crippen molar-refractivity contribution in [3.63, 3.8) is 0 Å². The number of nitrogens with two attached hydrogens (primary N) is 1. The summed E-state index contributed by atoms with van der Waals surface area (Å²) in [5.74, 6) is 0.0475. The molecule has 8 heteroatoms. The number of hydrogen-bond donors (Lipinski definition) is 2. The predicted molar refractivity (Wildman–Crippen MR) is 101 cm³/mol. The lowest BCUT2D eigenvalue weighted by Gasteiger charge is -2.08. The maximum atomic E-state index is 13.6. The van der Waals surface area contributed by atoms with Crippen LogP contribution in [0.2, 0.25) is 0 Å². The normalized spacial score (nSPS) is 10.7. The van der Waals surface area contributed by atoms with Crippen molar-refractivity contribution in [2.45, 2.75) is 18.6 Å². The number of thioether (sulfide) groups is 1. The number of nitrogens with zero attached hydrogens (tertiary/aromatic N) is 3. The zero-order valence-corrected chi connectivity index (χ0v) is 15.0. The van der Waals surface area contributed by atoms with Crippen LogP contribution in [0.25, 0.3) is 11.4 Å². The second-order valence-electron chi connectivity index (χ2n) is 5.49. The van der Waals surface area contributed by atoms with E-state index in [1.54, 1.807) is 24.3 Å². The molecule has 0 aliphatic rings. The Hall–Kier alpha value is -2.87. The third-order valence-corrected chi connectivity index (χ3v) is 4.65. The summed E-state index contributed by atoms with van der Waals surface area (Å²) in [5.41, 5.74) is 7.46. The van der Waals surface area contributed by atoms with Gasteiger partial charge in [0, 0.05) is 17.8 Å². The van der Waals surface area contributed by atoms with E-state index in [1.165, 1.54) is 23.9 Å². The van der Waals surface area contributed by atoms with Gasteiger partial charge in [-0.3, -0.25) is 4.79 Å². The first-order valence-corrected chi connectivity index (χ1v) is 9.03. The van der Waals surface area contributed by atoms with Crippen molar-refractivity contribution >= 4 is 29.0 Å². The number of carbonyl (C=O) groups is 1. The Morgan fingerprint density at radius 1 is 1.19 bits per heavy atom. The van der Waals surface area contributed by atoms with Crippen LogP contribution in [0.15, 0.2) is 53.7 Å². The summed E-state index contributed by atoms with van der Waals surface area (Å²) in [6.45, 7) is 2.64. The van der Waals surface area contributed by atoms with Crippen LogP contribution in [0.1, 0.15) is 6.92 Å². The number of amides is 1. The fraction of sp³-hybridized carbons (Fsp3) is 0.167. The Morgan fingerprint density at radius 2 is 1.92 bits per heavy atom. The van der Waals surface area contributed by atoms with Gasteiger partial charge in [-0.05, 0) is 43.3 Å². The summed E-state index contributed by atoms with van der Waals surface area (Å²) < 4.78 is 15.5. The molecular formula is C18H18FN5OS. The average molecular weight is 371 g/mol. The van der Waals surface area contributed by atoms with E-state index in [0.29, 0.717) is 23.2 Å². The van der Waals surface area contributed by atoms with Crippen LogP contribution < -0.4 is 11.1 Å². The number of nitrogens with one attached hydrogen (secondary N) is 1. The van der Waals surface area contributed by atoms with Gasteiger partial charge < -0.3 is 15.6 Å². The molecule has 3 aromatic rings. The number of rotatable bonds is 6. The molecule has 3 N–H and O–H groups in total. The van der Waals surface area contributed by atoms with E-state index in [4.69, 9.17) is 5.73 Å². The minimum atomic E-state index is -0.465. The molecule has 1 heterocycles. The Kier molecular flexibility index (Phi) is 5.52. The molecule has 3 rings (SSSR count). The standard InChI is InChI=1S/C18H18FN5OS/c1-2-24-17(12-7-9-13(20)10-8-12)22-23-18(24)26-11-16(25)21-15-6-4-3-5-14(15)19/h3-10H,2,11,20H2,1H3,(H,21,25). The maximum Gasteiger partial charge on any atom is 0.234 e. The number of para-hydroxylation sites is 1. The third kappa shape index (κ3) is 4.02. The molecule has 0 aliphatic heterocycles. The topological polar surface area (TPSA) is 85.8 Å². The van der Waals surface area contributed by atoms with E-state index >= 15 is 0 Å². The van der Waals surface area contributed by atoms with Crippen molar-refractivity contribution in [3.05, 3.63) is 54.3 Å². The molecule has 134 valence electrons. The van der Waals surface area contributed by atoms with Gasteiger partial charge in [-0.25, -0.2) is 4.39 Å². The van der Waals surface area contributed by atoms with Gasteiger partial charge in [0.2, 0.25) is 5.91 Å². The summed E-state index contributed by atoms with van der Waals surface area (Å²) in [7, 11) is 0. The molecule has 0 radical (unpaired) electrons. The van der Waals surface area contributed by atoms with Crippen LogP contribution in [-0.2, 0) is 11.3 Å². The molecule has 1 aromatic heterocycles. The third-order valence-electron chi connectivity index (χ3n) is 3.68. The maximum absolute atomic E-state index is 13.6. The molecule has 0 unspecified atom stereocenters. The zero-order valence-electron chi connectivity index (χ0n) is 14.1. The van der Waals surface area contributed by atoms with Crippen molar-refractivity contribution in [1.29, 1.82) is 0 Å². The largest absolute Gasteiger partial charge is 0.399 e. The van der Waals surface area contributed by atoms with Gasteiger partial charge in [0.25, 0.3) is 0 Å². The number of carbonyl (C=O) groups excluding carboxylic acids is 1. The molecule has 0 atom stereocenters. The van der Waals surface area contributed by atoms with E-state index in [-0.39, 0.29) is 17.3 Å². The monoisotopic (exact) mass is 371 g/mol. The lowest BCUT2D eigenvalue weighted by Crippen LogP contribution is -2.15. The van der Waals surface area contributed by atoms with Crippen LogP contribution in [0.5, 0.6) is 0 Å². The number of nitrogen functional groups attached to an aromatic ring is 1. The van der Waals surface area contributed by atoms with E-state index in [1.807, 2.05) is 23.6 Å². The summed E-state index contributed by atoms with van der Waals surface area (Å²) >= 11 is 1.25. The van der Waals surface area contributed by atoms with Crippen LogP contribution in [0.4, 0.5) is 15.8 Å². The Morgan fingerprint density at radius 3 is 2.62 bits per heavy atom. The molecule has 0 fully saturated rings. The van der Waals surface area contributed by atoms with Gasteiger partial charge in [0.1, 0.15) is 5.82 Å². The van der Waals surface area contributed by atoms with Crippen LogP contribution >= 0.6 is 11.8 Å². The van der Waals surface area contributed by atoms with Gasteiger partial charge in [-0.1, -0.05) is 23.9 Å². The lowest BCUT2D eigenvalue weighted by atomic mass is 10.2. The molecule has 2 aromatic carbocycles. The molecule has 0 bridgehead atoms. The average Bonchev–Trinajstić information content (AvgIpc) is 3.05. The Balaban J connectivity index is 1.69. The van der Waals surface area contributed by atoms with E-state index in [2.05, 4.69) is 15.5 Å². The fourth-order valence-corrected chi connectivity index (χ4v) is 3.21. The molecule has 6 nitrogen and oxygen atoms in total. The number of aromatic nitrogens is 3. The second-order valence-corrected chi connectivity index (χ2v) is 6.43. The molecule has 26 heavy (non-hydrogen) atoms. The van der Waals surface area contributed by atoms with E-state index in [9.17, 15) is 9.18 Å². The predicted octanol–water partition coefficient (Wildman–Crippen LogP) is 3.42. The van der Waals surface area contributed by atoms with Gasteiger partial charge in [-0.15, -0.1) is 10.2 Å². The van der Waals surface area contributed by atoms with Crippen molar-refractivity contribution < 1.29 is 9.18 Å². The minimum absolute atomic E-state index is 0.105. The highest BCUT2D eigenvalue weighted by molar-refractivity contribution is 7.99. The van der Waals surface area contributed by atoms with Crippen LogP contribution in [0.3, 0.4) is 0 Å². The van der Waals surface area contributed by atoms with E-state index in [0.717, 1.165) is 5.56 Å². The van der Waals surface area contributed by atoms with Crippen LogP contribution in [-0.4, -0.2) is 26.4 Å². The molecule has 1 amide bonds. The lowest BCUT2D eigenvalue weighted by molar-refractivity contribution is -0.113. The van der Waals surface area contributed by atoms with Crippen molar-refractivity contribution in [2.24, 2.45) is 0 Å². The number of benzene rings is 2. The van der Waals surface area contributed by atoms with Crippen molar-refractivity contribution in [1.82, 2.24) is 14.8 Å². The molecule has 0 saturated heterocycles. The molecule has 0 aliphatic carbocycles. The first kappa shape index (κ1) is 17.9. The zero-order chi connectivity index (χ0) is 18.5. The quantitative estimate of drug-likeness (QED) is 0.512. The highest BCUT2D eigenvalue weighted by Gasteiger charge is 2.15. The number of hydrogen-bond acceptors (Lipinski definition) is 5. The van der Waals surface area contributed by atoms with Gasteiger partial charge in [0.15, 0.2) is 11.0 Å². The smallest absolute Gasteiger partial charge is 0.234 e. The first-order valence-electron chi connectivity index (χ1n) is 8.04. The number of anilines is 2. The van der Waals surface area contributed by atoms with Gasteiger partial charge in [0.05, 0.1) is 11.4 Å². The highest BCUT2D eigenvalue weighted by Crippen LogP contribution is 2.25. The van der Waals surface area contributed by atoms with Crippen molar-refractivity contribution in [2.75, 3.05) is 16.8 Å². The SMILES string of the molecule is CCn1c(SCC(=O)Nc2ccccc2F)nnc1-c1ccc(N)cc1. The Labute approximate surface area is 154 Å². The second kappa shape index (κ2) is 8.01. The van der Waals surface area contributed by atoms with Gasteiger partial charge in [-0.2, -0.15) is 0 Å². The van der Waals surface area contributed by atoms with E-state index < -0.39 is 5.82 Å². The summed E-state index contributed by atoms with van der Waals surface area (Å²) in [6.07, 6.45) is 0. The molecular weight excluding hydrogens is 353 g/mol. The highest BCUT2D eigenvalue weighted by atomic mass is 32.2. The minimum Gasteiger partial charge on any atom is -0.399 e. The number of halogens is 1. The Bertz CT molecular complexity index is 910. The fourth-order valence-electron chi connectivity index (χ4n) is 2.41. The van der Waals surface area contributed by atoms with Crippen LogP contribution in [0, 0.1) is 5.82 Å². The molecule has 0 saturated carbocycles. The first-order chi connectivity index (χ1) is 12.6.